The van der Waals surface area contributed by atoms with Crippen LogP contribution in [0, 0.1) is 11.8 Å². The highest BCUT2D eigenvalue weighted by Crippen LogP contribution is 2.27. The largest absolute Gasteiger partial charge is 0.508 e. The lowest BCUT2D eigenvalue weighted by Crippen LogP contribution is -2.64. The van der Waals surface area contributed by atoms with Gasteiger partial charge < -0.3 is 87.7 Å². The summed E-state index contributed by atoms with van der Waals surface area (Å²) >= 11 is 0. The maximum absolute atomic E-state index is 14.5. The second kappa shape index (κ2) is 30.6. The number of benzene rings is 1. The summed E-state index contributed by atoms with van der Waals surface area (Å²) in [5.41, 5.74) is 5.22. The van der Waals surface area contributed by atoms with Crippen LogP contribution in [-0.4, -0.2) is 203 Å². The van der Waals surface area contributed by atoms with Gasteiger partial charge in [0.15, 0.2) is 0 Å². The molecule has 434 valence electrons. The Morgan fingerprint density at radius 2 is 1.31 bits per heavy atom. The number of ether oxygens (including phenoxy) is 1. The van der Waals surface area contributed by atoms with Gasteiger partial charge in [-0.25, -0.2) is 0 Å². The van der Waals surface area contributed by atoms with Crippen molar-refractivity contribution < 1.29 is 83.9 Å². The summed E-state index contributed by atoms with van der Waals surface area (Å²) in [6.07, 6.45) is -5.65. The zero-order chi connectivity index (χ0) is 57.3. The summed E-state index contributed by atoms with van der Waals surface area (Å²) < 4.78 is 5.37. The molecule has 77 heavy (non-hydrogen) atoms. The van der Waals surface area contributed by atoms with E-state index in [2.05, 4.69) is 47.4 Å². The third kappa shape index (κ3) is 18.8. The lowest BCUT2D eigenvalue weighted by molar-refractivity contribution is -0.148. The third-order valence-corrected chi connectivity index (χ3v) is 14.7. The number of carbonyl (C=O) groups excluding carboxylic acids is 8. The Morgan fingerprint density at radius 3 is 1.92 bits per heavy atom. The normalized spacial score (nSPS) is 28.6. The Hall–Kier alpha value is -5.54. The third-order valence-electron chi connectivity index (χ3n) is 14.7. The standard InChI is InChI=1S/C52H84N8O17/c1-6-27(2)21-28(3)13-11-9-7-8-10-12-14-40(68)54-34-23-38(66)35(25-77-26-39(53)67)55-50(74)44-37(65)19-20-59(44)51(75)41(29(4)61)57-49(73)43(46(70)45(69)31-15-17-32(63)18-16-31)58-48(72)36-22-33(64)24-60(36)52(76)42(30(5)62)56-47(34)71/h15-18,27-30,33-38,41-46,61-66,69-70H,6-14,19-26H2,1-5H3,(H2,53,67)(H,54,68)(H,55,74)(H,56,71)(H,57,73)(H,58,72). The lowest BCUT2D eigenvalue weighted by Gasteiger charge is -2.34. The summed E-state index contributed by atoms with van der Waals surface area (Å²) in [5.74, 6) is -7.65. The van der Waals surface area contributed by atoms with Crippen LogP contribution in [0.4, 0.5) is 0 Å². The smallest absolute Gasteiger partial charge is 0.248 e. The highest BCUT2D eigenvalue weighted by atomic mass is 16.5. The molecule has 0 aliphatic carbocycles. The van der Waals surface area contributed by atoms with Crippen molar-refractivity contribution in [2.24, 2.45) is 17.6 Å². The average molecular weight is 1090 g/mol. The number of phenolic OH excluding ortho intramolecular Hbond substituents is 1. The Bertz CT molecular complexity index is 2140. The van der Waals surface area contributed by atoms with Gasteiger partial charge in [-0.1, -0.05) is 77.8 Å². The first-order chi connectivity index (χ1) is 36.3. The van der Waals surface area contributed by atoms with Crippen molar-refractivity contribution in [3.63, 3.8) is 0 Å². The van der Waals surface area contributed by atoms with Crippen LogP contribution in [0.1, 0.15) is 130 Å². The Labute approximate surface area is 449 Å². The monoisotopic (exact) mass is 1090 g/mol. The molecule has 0 radical (unpaired) electrons. The first-order valence-corrected chi connectivity index (χ1v) is 26.9. The van der Waals surface area contributed by atoms with E-state index in [1.165, 1.54) is 18.6 Å². The molecule has 1 aromatic rings. The van der Waals surface area contributed by atoms with Crippen molar-refractivity contribution in [2.75, 3.05) is 26.3 Å². The molecule has 15 N–H and O–H groups in total. The molecule has 3 aliphatic rings. The van der Waals surface area contributed by atoms with E-state index in [4.69, 9.17) is 10.5 Å². The molecule has 16 unspecified atom stereocenters. The van der Waals surface area contributed by atoms with Crippen LogP contribution in [-0.2, 0) is 43.1 Å². The number of hydrogen-bond donors (Lipinski definition) is 14. The van der Waals surface area contributed by atoms with E-state index < -0.39 is 165 Å². The van der Waals surface area contributed by atoms with Gasteiger partial charge in [-0.2, -0.15) is 0 Å². The predicted molar refractivity (Wildman–Crippen MR) is 275 cm³/mol. The summed E-state index contributed by atoms with van der Waals surface area (Å²) in [4.78, 5) is 113. The molecule has 0 aromatic heterocycles. The van der Waals surface area contributed by atoms with Crippen molar-refractivity contribution in [1.29, 1.82) is 0 Å². The number of rotatable bonds is 22. The average Bonchev–Trinajstić information content (AvgIpc) is 3.97. The Kier molecular flexibility index (Phi) is 25.4. The fourth-order valence-corrected chi connectivity index (χ4v) is 10.0. The summed E-state index contributed by atoms with van der Waals surface area (Å²) in [6.45, 7) is 6.64. The number of nitrogens with zero attached hydrogens (tertiary/aromatic N) is 2. The molecule has 3 saturated heterocycles. The topological polar surface area (TPSA) is 400 Å². The number of primary amides is 1. The molecule has 25 nitrogen and oxygen atoms in total. The van der Waals surface area contributed by atoms with Gasteiger partial charge in [0.05, 0.1) is 43.2 Å². The second-order valence-electron chi connectivity index (χ2n) is 21.2. The fourth-order valence-electron chi connectivity index (χ4n) is 10.0. The Morgan fingerprint density at radius 1 is 0.727 bits per heavy atom. The number of carbonyl (C=O) groups is 8. The van der Waals surface area contributed by atoms with Gasteiger partial charge >= 0.3 is 0 Å². The van der Waals surface area contributed by atoms with Gasteiger partial charge in [-0.05, 0) is 62.6 Å². The molecule has 25 heteroatoms. The number of nitrogens with one attached hydrogen (secondary N) is 5. The quantitative estimate of drug-likeness (QED) is 0.0528. The minimum absolute atomic E-state index is 0.0647. The van der Waals surface area contributed by atoms with Gasteiger partial charge in [0, 0.05) is 32.4 Å². The van der Waals surface area contributed by atoms with Crippen molar-refractivity contribution in [3.8, 4) is 5.75 Å². The minimum Gasteiger partial charge on any atom is -0.508 e. The van der Waals surface area contributed by atoms with Gasteiger partial charge in [0.1, 0.15) is 60.8 Å². The molecule has 4 rings (SSSR count). The predicted octanol–water partition coefficient (Wildman–Crippen LogP) is -2.64. The van der Waals surface area contributed by atoms with Crippen LogP contribution < -0.4 is 32.3 Å². The maximum Gasteiger partial charge on any atom is 0.248 e. The number of aromatic hydroxyl groups is 1. The van der Waals surface area contributed by atoms with Gasteiger partial charge in [0.2, 0.25) is 47.3 Å². The van der Waals surface area contributed by atoms with Crippen LogP contribution in [0.5, 0.6) is 5.75 Å². The van der Waals surface area contributed by atoms with Gasteiger partial charge in [0.25, 0.3) is 0 Å². The zero-order valence-corrected chi connectivity index (χ0v) is 44.8. The SMILES string of the molecule is CCC(C)CC(C)CCCCCCCCC(=O)NC1CC(O)C(COCC(N)=O)NC(=O)C2C(O)CCN2C(=O)C(C(C)O)NC(=O)C(C(O)C(O)c2ccc(O)cc2)NC(=O)C2CC(O)CN2C(=O)C(C(C)O)NC1=O. The number of aliphatic hydroxyl groups is 7. The van der Waals surface area contributed by atoms with Crippen molar-refractivity contribution >= 4 is 47.3 Å². The summed E-state index contributed by atoms with van der Waals surface area (Å²) in [7, 11) is 0. The number of unbranched alkanes of at least 4 members (excludes halogenated alkanes) is 5. The number of nitrogens with two attached hydrogens (primary N) is 1. The molecule has 8 amide bonds. The van der Waals surface area contributed by atoms with E-state index in [-0.39, 0.29) is 30.7 Å². The molecule has 3 heterocycles. The molecular weight excluding hydrogens is 1010 g/mol. The fraction of sp³-hybridized carbons (Fsp3) is 0.731. The summed E-state index contributed by atoms with van der Waals surface area (Å²) in [6, 6.07) is -8.18. The van der Waals surface area contributed by atoms with E-state index in [1.807, 2.05) is 0 Å². The molecule has 1 aromatic carbocycles. The maximum atomic E-state index is 14.5. The van der Waals surface area contributed by atoms with E-state index in [0.29, 0.717) is 24.7 Å². The molecule has 3 fully saturated rings. The van der Waals surface area contributed by atoms with E-state index in [0.717, 1.165) is 74.3 Å². The molecule has 0 spiro atoms. The highest BCUT2D eigenvalue weighted by Gasteiger charge is 2.48. The summed E-state index contributed by atoms with van der Waals surface area (Å²) in [5, 5.41) is 101. The van der Waals surface area contributed by atoms with Crippen LogP contribution in [0.2, 0.25) is 0 Å². The molecule has 16 atom stereocenters. The number of amides is 8. The molecule has 3 aliphatic heterocycles. The second-order valence-corrected chi connectivity index (χ2v) is 21.2. The first-order valence-electron chi connectivity index (χ1n) is 26.9. The van der Waals surface area contributed by atoms with Crippen LogP contribution in [0.3, 0.4) is 0 Å². The number of fused-ring (bicyclic) bond motifs is 2. The minimum atomic E-state index is -2.28. The van der Waals surface area contributed by atoms with Crippen LogP contribution in [0.25, 0.3) is 0 Å². The van der Waals surface area contributed by atoms with Crippen LogP contribution in [0.15, 0.2) is 24.3 Å². The first kappa shape index (κ1) is 64.0. The Balaban J connectivity index is 1.72. The van der Waals surface area contributed by atoms with E-state index in [9.17, 15) is 79.2 Å². The van der Waals surface area contributed by atoms with Gasteiger partial charge in [-0.3, -0.25) is 38.4 Å². The van der Waals surface area contributed by atoms with E-state index in [1.54, 1.807) is 0 Å². The zero-order valence-electron chi connectivity index (χ0n) is 44.8. The number of hydrogen-bond acceptors (Lipinski definition) is 17. The molecule has 0 saturated carbocycles. The molecular formula is C52H84N8O17. The molecule has 0 bridgehead atoms. The van der Waals surface area contributed by atoms with E-state index >= 15 is 0 Å². The highest BCUT2D eigenvalue weighted by molar-refractivity contribution is 5.98. The van der Waals surface area contributed by atoms with Crippen molar-refractivity contribution in [2.45, 2.75) is 203 Å². The number of phenols is 1. The van der Waals surface area contributed by atoms with Crippen LogP contribution >= 0.6 is 0 Å². The van der Waals surface area contributed by atoms with Crippen molar-refractivity contribution in [1.82, 2.24) is 36.4 Å². The number of aliphatic hydroxyl groups excluding tert-OH is 7. The van der Waals surface area contributed by atoms with Gasteiger partial charge in [-0.15, -0.1) is 0 Å². The van der Waals surface area contributed by atoms with Crippen molar-refractivity contribution in [3.05, 3.63) is 29.8 Å². The lowest BCUT2D eigenvalue weighted by atomic mass is 9.91.